The lowest BCUT2D eigenvalue weighted by atomic mass is 9.99. The average Bonchev–Trinajstić information content (AvgIpc) is 3.78. The summed E-state index contributed by atoms with van der Waals surface area (Å²) in [7, 11) is 1.75. The van der Waals surface area contributed by atoms with E-state index >= 15 is 0 Å². The number of amides is 1. The van der Waals surface area contributed by atoms with Gasteiger partial charge in [-0.25, -0.2) is 4.98 Å². The van der Waals surface area contributed by atoms with Crippen molar-refractivity contribution >= 4 is 35.0 Å². The topological polar surface area (TPSA) is 116 Å². The number of carbonyl (C=O) groups is 2. The smallest absolute Gasteiger partial charge is 0.308 e. The van der Waals surface area contributed by atoms with Crippen molar-refractivity contribution in [3.63, 3.8) is 0 Å². The van der Waals surface area contributed by atoms with E-state index in [-0.39, 0.29) is 35.7 Å². The van der Waals surface area contributed by atoms with Gasteiger partial charge in [-0.1, -0.05) is 12.0 Å². The van der Waals surface area contributed by atoms with Gasteiger partial charge in [0.2, 0.25) is 5.90 Å². The van der Waals surface area contributed by atoms with Crippen LogP contribution in [0.4, 0.5) is 17.2 Å². The quantitative estimate of drug-likeness (QED) is 0.287. The molecule has 192 valence electrons. The largest absolute Gasteiger partial charge is 0.481 e. The molecule has 8 nitrogen and oxygen atoms in total. The highest BCUT2D eigenvalue weighted by Gasteiger charge is 2.60. The van der Waals surface area contributed by atoms with E-state index in [9.17, 15) is 14.7 Å². The first kappa shape index (κ1) is 24.8. The standard InChI is InChI=1S/C29H32N4O4/c1-5-6-25(34)33(23-12-16(3)15(2)11-19(23)17-7-8-17)24-10-9-22(31-4)27(32-24)28(30)37-18-13-20-21(14-18)26(20)29(35)36/h9-12,17-18,20-21,26,30-31H,7-8,13-14H2,1-4H3,(H,35,36). The molecule has 2 unspecified atom stereocenters. The number of aromatic nitrogens is 1. The maximum Gasteiger partial charge on any atom is 0.308 e. The molecule has 3 aliphatic rings. The van der Waals surface area contributed by atoms with Gasteiger partial charge in [-0.05, 0) is 105 Å². The van der Waals surface area contributed by atoms with Crippen molar-refractivity contribution < 1.29 is 19.4 Å². The van der Waals surface area contributed by atoms with Crippen molar-refractivity contribution in [3.8, 4) is 11.8 Å². The Bertz CT molecular complexity index is 1340. The second-order valence-electron chi connectivity index (χ2n) is 10.3. The zero-order valence-corrected chi connectivity index (χ0v) is 21.6. The molecule has 1 heterocycles. The first-order chi connectivity index (χ1) is 17.7. The minimum atomic E-state index is -0.743. The summed E-state index contributed by atoms with van der Waals surface area (Å²) in [6.07, 6.45) is 3.21. The molecule has 1 aromatic carbocycles. The van der Waals surface area contributed by atoms with E-state index in [1.54, 1.807) is 31.0 Å². The molecule has 5 rings (SSSR count). The number of anilines is 3. The van der Waals surface area contributed by atoms with Crippen molar-refractivity contribution in [3.05, 3.63) is 46.6 Å². The van der Waals surface area contributed by atoms with Crippen LogP contribution in [0.15, 0.2) is 24.3 Å². The van der Waals surface area contributed by atoms with Gasteiger partial charge < -0.3 is 15.2 Å². The van der Waals surface area contributed by atoms with Crippen LogP contribution in [0, 0.1) is 48.9 Å². The molecule has 0 spiro atoms. The van der Waals surface area contributed by atoms with E-state index in [0.717, 1.165) is 29.7 Å². The van der Waals surface area contributed by atoms with Crippen LogP contribution in [0.25, 0.3) is 0 Å². The molecule has 3 saturated carbocycles. The Morgan fingerprint density at radius 1 is 1.16 bits per heavy atom. The minimum Gasteiger partial charge on any atom is -0.481 e. The molecular weight excluding hydrogens is 468 g/mol. The third-order valence-electron chi connectivity index (χ3n) is 7.90. The molecular formula is C29H32N4O4. The van der Waals surface area contributed by atoms with Crippen LogP contribution in [0.1, 0.15) is 60.9 Å². The van der Waals surface area contributed by atoms with Crippen molar-refractivity contribution in [1.82, 2.24) is 4.98 Å². The summed E-state index contributed by atoms with van der Waals surface area (Å²) in [6.45, 7) is 5.73. The summed E-state index contributed by atoms with van der Waals surface area (Å²) >= 11 is 0. The van der Waals surface area contributed by atoms with Gasteiger partial charge in [0.25, 0.3) is 0 Å². The SMILES string of the molecule is CC#CC(=O)N(c1ccc(NC)c(C(=N)OC2CC3C(C2)C3C(=O)O)n1)c1cc(C)c(C)cc1C1CC1. The molecule has 0 saturated heterocycles. The molecule has 1 amide bonds. The number of benzene rings is 1. The third-order valence-corrected chi connectivity index (χ3v) is 7.90. The zero-order valence-electron chi connectivity index (χ0n) is 21.6. The Morgan fingerprint density at radius 2 is 1.84 bits per heavy atom. The fraction of sp³-hybridized carbons (Fsp3) is 0.448. The fourth-order valence-corrected chi connectivity index (χ4v) is 5.66. The number of nitrogens with zero attached hydrogens (tertiary/aromatic N) is 2. The number of ether oxygens (including phenoxy) is 1. The van der Waals surface area contributed by atoms with Crippen LogP contribution < -0.4 is 10.2 Å². The molecule has 37 heavy (non-hydrogen) atoms. The fourth-order valence-electron chi connectivity index (χ4n) is 5.66. The Balaban J connectivity index is 1.48. The van der Waals surface area contributed by atoms with Crippen LogP contribution in [0.3, 0.4) is 0 Å². The second-order valence-corrected chi connectivity index (χ2v) is 10.3. The van der Waals surface area contributed by atoms with Crippen molar-refractivity contribution in [2.24, 2.45) is 17.8 Å². The van der Waals surface area contributed by atoms with Crippen LogP contribution in [0.2, 0.25) is 0 Å². The third kappa shape index (κ3) is 4.66. The molecule has 2 atom stereocenters. The number of fused-ring (bicyclic) bond motifs is 1. The number of aryl methyl sites for hydroxylation is 2. The Morgan fingerprint density at radius 3 is 2.43 bits per heavy atom. The highest BCUT2D eigenvalue weighted by atomic mass is 16.5. The van der Waals surface area contributed by atoms with Crippen molar-refractivity contribution in [2.45, 2.75) is 58.5 Å². The monoisotopic (exact) mass is 500 g/mol. The van der Waals surface area contributed by atoms with E-state index in [2.05, 4.69) is 30.1 Å². The van der Waals surface area contributed by atoms with E-state index in [1.807, 2.05) is 13.0 Å². The van der Waals surface area contributed by atoms with E-state index in [4.69, 9.17) is 15.1 Å². The summed E-state index contributed by atoms with van der Waals surface area (Å²) < 4.78 is 5.98. The van der Waals surface area contributed by atoms with Gasteiger partial charge in [-0.15, -0.1) is 0 Å². The zero-order chi connectivity index (χ0) is 26.4. The van der Waals surface area contributed by atoms with Gasteiger partial charge in [0.05, 0.1) is 17.3 Å². The number of nitrogens with one attached hydrogen (secondary N) is 2. The number of hydrogen-bond acceptors (Lipinski definition) is 6. The van der Waals surface area contributed by atoms with Crippen LogP contribution in [0.5, 0.6) is 0 Å². The van der Waals surface area contributed by atoms with Crippen molar-refractivity contribution in [1.29, 1.82) is 5.41 Å². The van der Waals surface area contributed by atoms with Gasteiger partial charge in [-0.2, -0.15) is 0 Å². The van der Waals surface area contributed by atoms with Crippen LogP contribution in [-0.2, 0) is 14.3 Å². The lowest BCUT2D eigenvalue weighted by molar-refractivity contribution is -0.139. The Kier molecular flexibility index (Phi) is 6.40. The molecule has 3 fully saturated rings. The van der Waals surface area contributed by atoms with Gasteiger partial charge in [0.15, 0.2) is 0 Å². The lowest BCUT2D eigenvalue weighted by Crippen LogP contribution is -2.28. The molecule has 2 aromatic rings. The molecule has 8 heteroatoms. The summed E-state index contributed by atoms with van der Waals surface area (Å²) in [6, 6.07) is 7.73. The van der Waals surface area contributed by atoms with Gasteiger partial charge >= 0.3 is 11.9 Å². The molecule has 3 N–H and O–H groups in total. The summed E-state index contributed by atoms with van der Waals surface area (Å²) in [5.41, 5.74) is 5.04. The molecule has 1 aromatic heterocycles. The van der Waals surface area contributed by atoms with E-state index < -0.39 is 5.97 Å². The normalized spacial score (nSPS) is 23.4. The Hall–Kier alpha value is -3.86. The predicted octanol–water partition coefficient (Wildman–Crippen LogP) is 4.76. The van der Waals surface area contributed by atoms with Crippen molar-refractivity contribution in [2.75, 3.05) is 17.3 Å². The summed E-state index contributed by atoms with van der Waals surface area (Å²) in [5.74, 6) is 4.92. The number of carboxylic acid groups (broad SMARTS) is 1. The summed E-state index contributed by atoms with van der Waals surface area (Å²) in [5, 5.41) is 21.0. The minimum absolute atomic E-state index is 0.0964. The highest BCUT2D eigenvalue weighted by molar-refractivity contribution is 6.11. The number of hydrogen-bond donors (Lipinski definition) is 3. The van der Waals surface area contributed by atoms with E-state index in [0.29, 0.717) is 36.0 Å². The first-order valence-corrected chi connectivity index (χ1v) is 12.8. The average molecular weight is 501 g/mol. The number of aliphatic carboxylic acids is 1. The summed E-state index contributed by atoms with van der Waals surface area (Å²) in [4.78, 5) is 30.9. The molecule has 0 aliphatic heterocycles. The van der Waals surface area contributed by atoms with Gasteiger partial charge in [0.1, 0.15) is 17.6 Å². The Labute approximate surface area is 216 Å². The van der Waals surface area contributed by atoms with Crippen LogP contribution >= 0.6 is 0 Å². The van der Waals surface area contributed by atoms with E-state index in [1.165, 1.54) is 5.56 Å². The second kappa shape index (κ2) is 9.55. The first-order valence-electron chi connectivity index (χ1n) is 12.8. The number of carbonyl (C=O) groups excluding carboxylic acids is 1. The number of rotatable bonds is 7. The maximum atomic E-state index is 13.3. The molecule has 0 radical (unpaired) electrons. The highest BCUT2D eigenvalue weighted by Crippen LogP contribution is 2.58. The lowest BCUT2D eigenvalue weighted by Gasteiger charge is -2.25. The maximum absolute atomic E-state index is 13.3. The number of pyridine rings is 1. The number of carboxylic acids is 1. The molecule has 3 aliphatic carbocycles. The van der Waals surface area contributed by atoms with Gasteiger partial charge in [-0.3, -0.25) is 19.9 Å². The predicted molar refractivity (Wildman–Crippen MR) is 141 cm³/mol. The molecule has 0 bridgehead atoms. The van der Waals surface area contributed by atoms with Crippen LogP contribution in [-0.4, -0.2) is 41.0 Å². The van der Waals surface area contributed by atoms with Gasteiger partial charge in [0, 0.05) is 7.05 Å².